The van der Waals surface area contributed by atoms with E-state index in [1.54, 1.807) is 0 Å². The minimum Gasteiger partial charge on any atom is -0.491 e. The topological polar surface area (TPSA) is 88.8 Å². The average Bonchev–Trinajstić information content (AvgIpc) is 2.74. The van der Waals surface area contributed by atoms with Gasteiger partial charge in [0.1, 0.15) is 5.75 Å². The largest absolute Gasteiger partial charge is 0.491 e. The van der Waals surface area contributed by atoms with Crippen LogP contribution in [0.5, 0.6) is 5.75 Å². The number of ether oxygens (including phenoxy) is 1. The molecule has 1 aromatic carbocycles. The lowest BCUT2D eigenvalue weighted by molar-refractivity contribution is 0.242. The van der Waals surface area contributed by atoms with Gasteiger partial charge in [-0.15, -0.1) is 5.10 Å². The van der Waals surface area contributed by atoms with E-state index in [-0.39, 0.29) is 6.10 Å². The Morgan fingerprint density at radius 1 is 1.33 bits per heavy atom. The summed E-state index contributed by atoms with van der Waals surface area (Å²) in [7, 11) is 0. The van der Waals surface area contributed by atoms with Gasteiger partial charge in [-0.3, -0.25) is 0 Å². The molecule has 0 radical (unpaired) electrons. The molecule has 0 saturated heterocycles. The van der Waals surface area contributed by atoms with Crippen LogP contribution in [0.15, 0.2) is 24.3 Å². The number of nitrogens with one attached hydrogen (secondary N) is 2. The Bertz CT molecular complexity index is 491. The van der Waals surface area contributed by atoms with Crippen LogP contribution in [0.2, 0.25) is 0 Å². The highest BCUT2D eigenvalue weighted by Gasteiger charge is 2.01. The summed E-state index contributed by atoms with van der Waals surface area (Å²) in [6.45, 7) is 4.64. The van der Waals surface area contributed by atoms with E-state index in [4.69, 9.17) is 10.5 Å². The van der Waals surface area contributed by atoms with Gasteiger partial charge in [0.25, 0.3) is 0 Å². The highest BCUT2D eigenvalue weighted by atomic mass is 16.5. The second-order valence-electron chi connectivity index (χ2n) is 4.21. The normalized spacial score (nSPS) is 10.6. The van der Waals surface area contributed by atoms with Crippen molar-refractivity contribution >= 4 is 11.9 Å². The van der Waals surface area contributed by atoms with Crippen LogP contribution in [0, 0.1) is 0 Å². The predicted molar refractivity (Wildman–Crippen MR) is 70.3 cm³/mol. The Hall–Kier alpha value is -2.24. The van der Waals surface area contributed by atoms with Gasteiger partial charge in [-0.1, -0.05) is 12.1 Å². The number of nitrogens with zero attached hydrogens (tertiary/aromatic N) is 2. The third-order valence-corrected chi connectivity index (χ3v) is 2.25. The summed E-state index contributed by atoms with van der Waals surface area (Å²) >= 11 is 0. The summed E-state index contributed by atoms with van der Waals surface area (Å²) in [6, 6.07) is 7.90. The zero-order valence-corrected chi connectivity index (χ0v) is 10.5. The quantitative estimate of drug-likeness (QED) is 0.749. The summed E-state index contributed by atoms with van der Waals surface area (Å²) < 4.78 is 5.57. The molecule has 0 spiro atoms. The third kappa shape index (κ3) is 3.38. The summed E-state index contributed by atoms with van der Waals surface area (Å²) in [6.07, 6.45) is 0.185. The van der Waals surface area contributed by atoms with Crippen molar-refractivity contribution in [3.05, 3.63) is 29.8 Å². The lowest BCUT2D eigenvalue weighted by atomic mass is 10.2. The molecular formula is C12H17N5O. The maximum atomic E-state index is 5.57. The molecule has 0 aliphatic carbocycles. The highest BCUT2D eigenvalue weighted by molar-refractivity contribution is 5.33. The number of H-pyrrole nitrogens is 1. The van der Waals surface area contributed by atoms with Crippen molar-refractivity contribution in [2.24, 2.45) is 0 Å². The molecule has 2 aromatic rings. The van der Waals surface area contributed by atoms with Crippen molar-refractivity contribution in [3.8, 4) is 5.75 Å². The number of anilines is 2. The van der Waals surface area contributed by atoms with E-state index in [1.807, 2.05) is 38.1 Å². The number of hydrogen-bond acceptors (Lipinski definition) is 5. The zero-order valence-electron chi connectivity index (χ0n) is 10.5. The molecule has 0 saturated carbocycles. The summed E-state index contributed by atoms with van der Waals surface area (Å²) in [5, 5.41) is 9.53. The van der Waals surface area contributed by atoms with Crippen molar-refractivity contribution < 1.29 is 4.74 Å². The Balaban J connectivity index is 1.90. The van der Waals surface area contributed by atoms with E-state index in [0.717, 1.165) is 11.3 Å². The lowest BCUT2D eigenvalue weighted by Gasteiger charge is -2.10. The first-order valence-electron chi connectivity index (χ1n) is 5.81. The number of nitrogens with two attached hydrogens (primary N) is 1. The first-order valence-corrected chi connectivity index (χ1v) is 5.81. The molecule has 0 aliphatic heterocycles. The van der Waals surface area contributed by atoms with E-state index < -0.39 is 0 Å². The van der Waals surface area contributed by atoms with Crippen molar-refractivity contribution in [1.82, 2.24) is 15.2 Å². The standard InChI is InChI=1S/C12H17N5O/c1-8(2)18-10-5-3-9(4-6-10)7-14-12-15-11(13)16-17-12/h3-6,8H,7H2,1-2H3,(H4,13,14,15,16,17). The number of aromatic nitrogens is 3. The molecule has 18 heavy (non-hydrogen) atoms. The molecule has 0 amide bonds. The van der Waals surface area contributed by atoms with Gasteiger partial charge in [-0.25, -0.2) is 5.10 Å². The molecule has 6 nitrogen and oxygen atoms in total. The third-order valence-electron chi connectivity index (χ3n) is 2.25. The Kier molecular flexibility index (Phi) is 3.66. The number of nitrogen functional groups attached to an aromatic ring is 1. The van der Waals surface area contributed by atoms with Gasteiger partial charge in [0.05, 0.1) is 6.10 Å². The average molecular weight is 247 g/mol. The second-order valence-corrected chi connectivity index (χ2v) is 4.21. The summed E-state index contributed by atoms with van der Waals surface area (Å²) in [5.41, 5.74) is 6.55. The molecular weight excluding hydrogens is 230 g/mol. The zero-order chi connectivity index (χ0) is 13.0. The second kappa shape index (κ2) is 5.39. The van der Waals surface area contributed by atoms with Gasteiger partial charge in [0.2, 0.25) is 11.9 Å². The van der Waals surface area contributed by atoms with E-state index in [1.165, 1.54) is 0 Å². The smallest absolute Gasteiger partial charge is 0.243 e. The van der Waals surface area contributed by atoms with Crippen LogP contribution in [0.1, 0.15) is 19.4 Å². The van der Waals surface area contributed by atoms with Gasteiger partial charge in [-0.05, 0) is 31.5 Å². The monoisotopic (exact) mass is 247 g/mol. The Morgan fingerprint density at radius 2 is 2.06 bits per heavy atom. The fraction of sp³-hybridized carbons (Fsp3) is 0.333. The predicted octanol–water partition coefficient (Wildman–Crippen LogP) is 1.79. The summed E-state index contributed by atoms with van der Waals surface area (Å²) in [5.74, 6) is 1.67. The van der Waals surface area contributed by atoms with E-state index in [0.29, 0.717) is 18.4 Å². The fourth-order valence-corrected chi connectivity index (χ4v) is 1.49. The minimum absolute atomic E-state index is 0.185. The van der Waals surface area contributed by atoms with Gasteiger partial charge < -0.3 is 15.8 Å². The van der Waals surface area contributed by atoms with Crippen LogP contribution in [-0.2, 0) is 6.54 Å². The van der Waals surface area contributed by atoms with Crippen molar-refractivity contribution in [2.45, 2.75) is 26.5 Å². The number of aromatic amines is 1. The lowest BCUT2D eigenvalue weighted by Crippen LogP contribution is -2.06. The molecule has 0 unspecified atom stereocenters. The molecule has 6 heteroatoms. The van der Waals surface area contributed by atoms with Gasteiger partial charge in [0, 0.05) is 6.54 Å². The number of benzene rings is 1. The van der Waals surface area contributed by atoms with E-state index in [2.05, 4.69) is 20.5 Å². The summed E-state index contributed by atoms with van der Waals surface area (Å²) in [4.78, 5) is 3.96. The minimum atomic E-state index is 0.185. The molecule has 0 atom stereocenters. The number of rotatable bonds is 5. The number of hydrogen-bond donors (Lipinski definition) is 3. The molecule has 96 valence electrons. The molecule has 0 bridgehead atoms. The van der Waals surface area contributed by atoms with Crippen LogP contribution >= 0.6 is 0 Å². The van der Waals surface area contributed by atoms with Crippen LogP contribution in [0.25, 0.3) is 0 Å². The molecule has 1 aromatic heterocycles. The van der Waals surface area contributed by atoms with Gasteiger partial charge >= 0.3 is 0 Å². The first kappa shape index (κ1) is 12.2. The highest BCUT2D eigenvalue weighted by Crippen LogP contribution is 2.14. The first-order chi connectivity index (χ1) is 8.63. The molecule has 2 rings (SSSR count). The maximum absolute atomic E-state index is 5.57. The molecule has 1 heterocycles. The van der Waals surface area contributed by atoms with Crippen LogP contribution < -0.4 is 15.8 Å². The SMILES string of the molecule is CC(C)Oc1ccc(CNc2n[nH]c(N)n2)cc1. The van der Waals surface area contributed by atoms with E-state index >= 15 is 0 Å². The maximum Gasteiger partial charge on any atom is 0.243 e. The van der Waals surface area contributed by atoms with E-state index in [9.17, 15) is 0 Å². The van der Waals surface area contributed by atoms with Gasteiger partial charge in [-0.2, -0.15) is 4.98 Å². The molecule has 0 aliphatic rings. The van der Waals surface area contributed by atoms with Crippen molar-refractivity contribution in [3.63, 3.8) is 0 Å². The van der Waals surface area contributed by atoms with Crippen LogP contribution in [0.3, 0.4) is 0 Å². The van der Waals surface area contributed by atoms with Crippen LogP contribution in [-0.4, -0.2) is 21.3 Å². The fourth-order valence-electron chi connectivity index (χ4n) is 1.49. The van der Waals surface area contributed by atoms with Gasteiger partial charge in [0.15, 0.2) is 0 Å². The molecule has 4 N–H and O–H groups in total. The van der Waals surface area contributed by atoms with Crippen molar-refractivity contribution in [1.29, 1.82) is 0 Å². The van der Waals surface area contributed by atoms with Crippen molar-refractivity contribution in [2.75, 3.05) is 11.1 Å². The Labute approximate surface area is 106 Å². The van der Waals surface area contributed by atoms with Crippen LogP contribution in [0.4, 0.5) is 11.9 Å². The molecule has 0 fully saturated rings. The Morgan fingerprint density at radius 3 is 2.61 bits per heavy atom.